The lowest BCUT2D eigenvalue weighted by atomic mass is 10.1. The van der Waals surface area contributed by atoms with Crippen LogP contribution in [0, 0.1) is 11.6 Å². The zero-order valence-corrected chi connectivity index (χ0v) is 9.11. The normalized spacial score (nSPS) is 15.6. The summed E-state index contributed by atoms with van der Waals surface area (Å²) >= 11 is 0. The fourth-order valence-electron chi connectivity index (χ4n) is 1.67. The van der Waals surface area contributed by atoms with Crippen LogP contribution in [0.25, 0.3) is 0 Å². The number of ether oxygens (including phenoxy) is 1. The highest BCUT2D eigenvalue weighted by molar-refractivity contribution is 5.95. The van der Waals surface area contributed by atoms with Crippen molar-refractivity contribution >= 4 is 5.91 Å². The van der Waals surface area contributed by atoms with Gasteiger partial charge in [0.25, 0.3) is 5.91 Å². The van der Waals surface area contributed by atoms with Gasteiger partial charge in [-0.1, -0.05) is 0 Å². The molecule has 6 heteroatoms. The Morgan fingerprint density at radius 2 is 2.12 bits per heavy atom. The highest BCUT2D eigenvalue weighted by atomic mass is 19.1. The van der Waals surface area contributed by atoms with Crippen molar-refractivity contribution in [1.82, 2.24) is 4.90 Å². The summed E-state index contributed by atoms with van der Waals surface area (Å²) in [6.45, 7) is 0.184. The zero-order chi connectivity index (χ0) is 12.6. The topological polar surface area (TPSA) is 49.8 Å². The van der Waals surface area contributed by atoms with Gasteiger partial charge in [-0.2, -0.15) is 0 Å². The van der Waals surface area contributed by atoms with Crippen LogP contribution in [0.2, 0.25) is 0 Å². The molecule has 0 bridgehead atoms. The number of hydrogen-bond donors (Lipinski definition) is 1. The van der Waals surface area contributed by atoms with Crippen LogP contribution in [0.5, 0.6) is 5.75 Å². The summed E-state index contributed by atoms with van der Waals surface area (Å²) < 4.78 is 31.8. The molecule has 0 aliphatic carbocycles. The van der Waals surface area contributed by atoms with Crippen molar-refractivity contribution in [3.63, 3.8) is 0 Å². The van der Waals surface area contributed by atoms with Gasteiger partial charge in [0.15, 0.2) is 11.6 Å². The third-order valence-electron chi connectivity index (χ3n) is 2.64. The molecular weight excluding hydrogens is 232 g/mol. The van der Waals surface area contributed by atoms with Crippen molar-refractivity contribution in [1.29, 1.82) is 0 Å². The van der Waals surface area contributed by atoms with Gasteiger partial charge < -0.3 is 14.7 Å². The quantitative estimate of drug-likeness (QED) is 0.835. The molecule has 1 heterocycles. The fraction of sp³-hybridized carbons (Fsp3) is 0.364. The largest absolute Gasteiger partial charge is 0.494 e. The molecule has 1 fully saturated rings. The van der Waals surface area contributed by atoms with Crippen LogP contribution < -0.4 is 4.74 Å². The Hall–Kier alpha value is -1.69. The number of β-amino-alcohol motifs (C(OH)–C–C–N with tert-alkyl or cyclic N) is 1. The number of likely N-dealkylation sites (tertiary alicyclic amines) is 1. The Balaban J connectivity index is 2.34. The second-order valence-electron chi connectivity index (χ2n) is 3.80. The molecule has 1 aromatic rings. The molecule has 1 N–H and O–H groups in total. The molecule has 1 saturated heterocycles. The maximum atomic E-state index is 13.7. The smallest absolute Gasteiger partial charge is 0.260 e. The molecule has 2 rings (SSSR count). The number of rotatable bonds is 2. The number of methoxy groups -OCH3 is 1. The maximum Gasteiger partial charge on any atom is 0.260 e. The summed E-state index contributed by atoms with van der Waals surface area (Å²) in [5.41, 5.74) is -0.642. The van der Waals surface area contributed by atoms with E-state index in [9.17, 15) is 13.6 Å². The highest BCUT2D eigenvalue weighted by Gasteiger charge is 2.33. The first-order valence-electron chi connectivity index (χ1n) is 5.04. The average Bonchev–Trinajstić information content (AvgIpc) is 2.25. The summed E-state index contributed by atoms with van der Waals surface area (Å²) in [7, 11) is 1.23. The van der Waals surface area contributed by atoms with Crippen molar-refractivity contribution in [2.75, 3.05) is 20.2 Å². The summed E-state index contributed by atoms with van der Waals surface area (Å²) in [5.74, 6) is -2.91. The first kappa shape index (κ1) is 11.8. The molecule has 1 aromatic carbocycles. The molecule has 17 heavy (non-hydrogen) atoms. The van der Waals surface area contributed by atoms with Crippen LogP contribution in [0.4, 0.5) is 8.78 Å². The van der Waals surface area contributed by atoms with E-state index in [1.54, 1.807) is 0 Å². The van der Waals surface area contributed by atoms with Crippen LogP contribution in [-0.4, -0.2) is 42.2 Å². The molecule has 0 aromatic heterocycles. The number of nitrogens with zero attached hydrogens (tertiary/aromatic N) is 1. The molecular formula is C11H11F2NO3. The molecule has 0 atom stereocenters. The number of hydrogen-bond acceptors (Lipinski definition) is 3. The van der Waals surface area contributed by atoms with Crippen molar-refractivity contribution in [2.24, 2.45) is 0 Å². The minimum Gasteiger partial charge on any atom is -0.494 e. The lowest BCUT2D eigenvalue weighted by Crippen LogP contribution is -2.53. The van der Waals surface area contributed by atoms with E-state index in [0.717, 1.165) is 12.1 Å². The summed E-state index contributed by atoms with van der Waals surface area (Å²) in [5, 5.41) is 9.05. The van der Waals surface area contributed by atoms with Gasteiger partial charge in [0.1, 0.15) is 11.4 Å². The van der Waals surface area contributed by atoms with Gasteiger partial charge >= 0.3 is 0 Å². The van der Waals surface area contributed by atoms with Crippen LogP contribution in [0.1, 0.15) is 10.4 Å². The molecule has 0 spiro atoms. The molecule has 0 saturated carbocycles. The second-order valence-corrected chi connectivity index (χ2v) is 3.80. The number of aliphatic hydroxyl groups is 1. The van der Waals surface area contributed by atoms with Crippen LogP contribution in [0.3, 0.4) is 0 Å². The van der Waals surface area contributed by atoms with Crippen LogP contribution >= 0.6 is 0 Å². The van der Waals surface area contributed by atoms with Crippen molar-refractivity contribution in [3.05, 3.63) is 29.3 Å². The highest BCUT2D eigenvalue weighted by Crippen LogP contribution is 2.25. The Kier molecular flexibility index (Phi) is 2.97. The Labute approximate surface area is 96.4 Å². The predicted octanol–water partition coefficient (Wildman–Crippen LogP) is 0.790. The van der Waals surface area contributed by atoms with Crippen molar-refractivity contribution < 1.29 is 23.4 Å². The molecule has 1 aliphatic rings. The van der Waals surface area contributed by atoms with E-state index in [2.05, 4.69) is 4.74 Å². The van der Waals surface area contributed by atoms with E-state index in [4.69, 9.17) is 5.11 Å². The van der Waals surface area contributed by atoms with Gasteiger partial charge in [-0.05, 0) is 12.1 Å². The lowest BCUT2D eigenvalue weighted by molar-refractivity contribution is 0.00522. The third kappa shape index (κ3) is 1.95. The first-order chi connectivity index (χ1) is 8.04. The van der Waals surface area contributed by atoms with E-state index in [-0.39, 0.29) is 18.8 Å². The average molecular weight is 243 g/mol. The SMILES string of the molecule is COc1ccc(F)c(C(=O)N2CC(O)C2)c1F. The molecule has 1 amide bonds. The number of benzene rings is 1. The predicted molar refractivity (Wildman–Crippen MR) is 54.8 cm³/mol. The lowest BCUT2D eigenvalue weighted by Gasteiger charge is -2.36. The second kappa shape index (κ2) is 4.29. The van der Waals surface area contributed by atoms with E-state index in [1.165, 1.54) is 12.0 Å². The first-order valence-corrected chi connectivity index (χ1v) is 5.04. The number of aliphatic hydroxyl groups excluding tert-OH is 1. The minimum atomic E-state index is -1.01. The van der Waals surface area contributed by atoms with Gasteiger partial charge in [-0.25, -0.2) is 8.78 Å². The third-order valence-corrected chi connectivity index (χ3v) is 2.64. The molecule has 92 valence electrons. The summed E-state index contributed by atoms with van der Waals surface area (Å²) in [6.07, 6.45) is -0.615. The van der Waals surface area contributed by atoms with E-state index >= 15 is 0 Å². The Morgan fingerprint density at radius 3 is 2.65 bits per heavy atom. The van der Waals surface area contributed by atoms with Gasteiger partial charge in [-0.15, -0.1) is 0 Å². The number of carbonyl (C=O) groups is 1. The number of carbonyl (C=O) groups excluding carboxylic acids is 1. The zero-order valence-electron chi connectivity index (χ0n) is 9.11. The minimum absolute atomic E-state index is 0.0922. The van der Waals surface area contributed by atoms with Gasteiger partial charge in [0.2, 0.25) is 0 Å². The monoisotopic (exact) mass is 243 g/mol. The summed E-state index contributed by atoms with van der Waals surface area (Å²) in [4.78, 5) is 12.9. The number of amides is 1. The fourth-order valence-corrected chi connectivity index (χ4v) is 1.67. The Bertz CT molecular complexity index is 458. The van der Waals surface area contributed by atoms with Gasteiger partial charge in [-0.3, -0.25) is 4.79 Å². The van der Waals surface area contributed by atoms with Crippen LogP contribution in [0.15, 0.2) is 12.1 Å². The molecule has 4 nitrogen and oxygen atoms in total. The van der Waals surface area contributed by atoms with E-state index in [0.29, 0.717) is 0 Å². The Morgan fingerprint density at radius 1 is 1.47 bits per heavy atom. The van der Waals surface area contributed by atoms with E-state index < -0.39 is 29.2 Å². The maximum absolute atomic E-state index is 13.7. The molecule has 0 unspecified atom stereocenters. The van der Waals surface area contributed by atoms with E-state index in [1.807, 2.05) is 0 Å². The number of halogens is 2. The molecule has 1 aliphatic heterocycles. The standard InChI is InChI=1S/C11H11F2NO3/c1-17-8-3-2-7(12)9(10(8)13)11(16)14-4-6(15)5-14/h2-3,6,15H,4-5H2,1H3. The van der Waals surface area contributed by atoms with Gasteiger partial charge in [0, 0.05) is 13.1 Å². The van der Waals surface area contributed by atoms with Crippen molar-refractivity contribution in [3.8, 4) is 5.75 Å². The summed E-state index contributed by atoms with van der Waals surface area (Å²) in [6, 6.07) is 2.10. The van der Waals surface area contributed by atoms with Crippen molar-refractivity contribution in [2.45, 2.75) is 6.10 Å². The van der Waals surface area contributed by atoms with Gasteiger partial charge in [0.05, 0.1) is 13.2 Å². The molecule has 0 radical (unpaired) electrons. The van der Waals surface area contributed by atoms with Crippen LogP contribution in [-0.2, 0) is 0 Å².